The van der Waals surface area contributed by atoms with Crippen LogP contribution in [0.3, 0.4) is 0 Å². The van der Waals surface area contributed by atoms with Crippen LogP contribution in [-0.2, 0) is 10.8 Å². The largest absolute Gasteiger partial charge is 0.321 e. The van der Waals surface area contributed by atoms with Gasteiger partial charge in [0.25, 0.3) is 0 Å². The minimum Gasteiger partial charge on any atom is -0.321 e. The van der Waals surface area contributed by atoms with Crippen LogP contribution >= 0.6 is 0 Å². The summed E-state index contributed by atoms with van der Waals surface area (Å²) in [7, 11) is 0. The van der Waals surface area contributed by atoms with Crippen LogP contribution in [0.25, 0.3) is 38.8 Å². The Bertz CT molecular complexity index is 2890. The maximum absolute atomic E-state index is 4.85. The van der Waals surface area contributed by atoms with Crippen molar-refractivity contribution in [2.75, 3.05) is 16.5 Å². The third kappa shape index (κ3) is 7.17. The molecule has 0 spiro atoms. The van der Waals surface area contributed by atoms with E-state index in [0.717, 1.165) is 11.3 Å². The fourth-order valence-electron chi connectivity index (χ4n) is 9.62. The van der Waals surface area contributed by atoms with E-state index in [9.17, 15) is 0 Å². The molecule has 0 unspecified atom stereocenters. The first-order chi connectivity index (χ1) is 29.6. The molecule has 0 aliphatic carbocycles. The van der Waals surface area contributed by atoms with Crippen LogP contribution < -0.4 is 9.80 Å². The van der Waals surface area contributed by atoms with E-state index in [4.69, 9.17) is 4.98 Å². The highest BCUT2D eigenvalue weighted by molar-refractivity contribution is 6.09. The second-order valence-electron chi connectivity index (χ2n) is 20.0. The predicted octanol–water partition coefficient (Wildman–Crippen LogP) is 16.1. The summed E-state index contributed by atoms with van der Waals surface area (Å²) >= 11 is 0. The molecule has 0 N–H and O–H groups in total. The van der Waals surface area contributed by atoms with Crippen LogP contribution in [0.15, 0.2) is 146 Å². The summed E-state index contributed by atoms with van der Waals surface area (Å²) in [5.74, 6) is 2.09. The molecule has 2 aromatic heterocycles. The second kappa shape index (κ2) is 15.6. The van der Waals surface area contributed by atoms with Crippen molar-refractivity contribution in [1.29, 1.82) is 0 Å². The van der Waals surface area contributed by atoms with Gasteiger partial charge in [-0.2, -0.15) is 0 Å². The number of nitrogens with zero attached hydrogens (tertiary/aromatic N) is 4. The number of rotatable bonds is 9. The maximum atomic E-state index is 4.85. The maximum Gasteiger partial charge on any atom is 0.137 e. The number of pyridine rings is 1. The molecule has 9 rings (SSSR count). The molecular weight excluding hydrogens is 753 g/mol. The molecule has 0 amide bonds. The molecular formula is C58H62N4. The molecule has 4 nitrogen and oxygen atoms in total. The van der Waals surface area contributed by atoms with Crippen molar-refractivity contribution in [3.05, 3.63) is 179 Å². The molecule has 0 radical (unpaired) electrons. The van der Waals surface area contributed by atoms with Crippen LogP contribution in [0.2, 0.25) is 0 Å². The van der Waals surface area contributed by atoms with Gasteiger partial charge in [0, 0.05) is 33.8 Å². The standard InChI is InChI=1S/C58H62N4/c1-37(2)40-32-49(38(3)4)56(50(33-40)39(5)6)41-30-44(34-46(31-41)61-36-60(52-20-14-15-21-53(52)61)45-26-23-42(24-27-45)57(7,8)9)58(10,11)43-25-28-48-47-18-12-13-19-51(47)62(54(48)35-43)55-22-16-17-29-59-55/h12-35,37-39H,36H2,1-11H3. The van der Waals surface area contributed by atoms with Crippen molar-refractivity contribution >= 4 is 44.6 Å². The quantitative estimate of drug-likeness (QED) is 0.145. The Kier molecular flexibility index (Phi) is 10.4. The third-order valence-electron chi connectivity index (χ3n) is 13.4. The molecule has 6 aromatic carbocycles. The molecule has 314 valence electrons. The summed E-state index contributed by atoms with van der Waals surface area (Å²) < 4.78 is 2.33. The van der Waals surface area contributed by atoms with Gasteiger partial charge >= 0.3 is 0 Å². The van der Waals surface area contributed by atoms with E-state index in [2.05, 4.69) is 224 Å². The van der Waals surface area contributed by atoms with E-state index in [0.29, 0.717) is 24.4 Å². The Morgan fingerprint density at radius 1 is 0.500 bits per heavy atom. The lowest BCUT2D eigenvalue weighted by Crippen LogP contribution is -2.25. The molecule has 8 aromatic rings. The lowest BCUT2D eigenvalue weighted by atomic mass is 9.75. The summed E-state index contributed by atoms with van der Waals surface area (Å²) in [6.45, 7) is 26.4. The molecule has 0 saturated heterocycles. The SMILES string of the molecule is CC(C)c1cc(C(C)C)c(-c2cc(N3CN(c4ccc(C(C)(C)C)cc4)c4ccccc43)cc(C(C)(C)c3ccc4c5ccccc5n(-c5ccccn5)c4c3)c2)c(C(C)C)c1. The van der Waals surface area contributed by atoms with Crippen molar-refractivity contribution in [3.8, 4) is 16.9 Å². The van der Waals surface area contributed by atoms with Crippen molar-refractivity contribution in [2.24, 2.45) is 0 Å². The summed E-state index contributed by atoms with van der Waals surface area (Å²) in [6.07, 6.45) is 1.89. The average Bonchev–Trinajstić information content (AvgIpc) is 3.82. The number of aromatic nitrogens is 2. The first kappa shape index (κ1) is 41.2. The summed E-state index contributed by atoms with van der Waals surface area (Å²) in [5.41, 5.74) is 17.7. The van der Waals surface area contributed by atoms with Crippen molar-refractivity contribution in [2.45, 2.75) is 105 Å². The fraction of sp³-hybridized carbons (Fsp3) is 0.293. The third-order valence-corrected chi connectivity index (χ3v) is 13.4. The average molecular weight is 815 g/mol. The number of hydrogen-bond donors (Lipinski definition) is 0. The van der Waals surface area contributed by atoms with Gasteiger partial charge in [-0.05, 0) is 128 Å². The normalized spacial score (nSPS) is 13.4. The topological polar surface area (TPSA) is 24.3 Å². The molecule has 4 heteroatoms. The second-order valence-corrected chi connectivity index (χ2v) is 20.0. The van der Waals surface area contributed by atoms with E-state index in [-0.39, 0.29) is 10.8 Å². The molecule has 62 heavy (non-hydrogen) atoms. The zero-order valence-corrected chi connectivity index (χ0v) is 38.6. The molecule has 3 heterocycles. The van der Waals surface area contributed by atoms with Gasteiger partial charge in [0.05, 0.1) is 22.4 Å². The first-order valence-electron chi connectivity index (χ1n) is 22.6. The van der Waals surface area contributed by atoms with Crippen LogP contribution in [0.1, 0.15) is 127 Å². The lowest BCUT2D eigenvalue weighted by molar-refractivity contribution is 0.590. The van der Waals surface area contributed by atoms with E-state index in [1.54, 1.807) is 0 Å². The van der Waals surface area contributed by atoms with Crippen LogP contribution in [-0.4, -0.2) is 16.2 Å². The number of para-hydroxylation sites is 3. The van der Waals surface area contributed by atoms with Gasteiger partial charge in [0.2, 0.25) is 0 Å². The molecule has 1 aliphatic heterocycles. The zero-order valence-electron chi connectivity index (χ0n) is 38.6. The monoisotopic (exact) mass is 814 g/mol. The Labute approximate surface area is 369 Å². The Balaban J connectivity index is 1.26. The number of benzene rings is 6. The molecule has 0 saturated carbocycles. The van der Waals surface area contributed by atoms with Gasteiger partial charge in [-0.1, -0.05) is 155 Å². The summed E-state index contributed by atoms with van der Waals surface area (Å²) in [5, 5.41) is 2.47. The minimum absolute atomic E-state index is 0.0910. The Morgan fingerprint density at radius 3 is 1.71 bits per heavy atom. The van der Waals surface area contributed by atoms with Crippen molar-refractivity contribution in [1.82, 2.24) is 9.55 Å². The molecule has 0 fully saturated rings. The fourth-order valence-corrected chi connectivity index (χ4v) is 9.62. The number of anilines is 4. The highest BCUT2D eigenvalue weighted by atomic mass is 15.4. The van der Waals surface area contributed by atoms with E-state index >= 15 is 0 Å². The number of hydrogen-bond acceptors (Lipinski definition) is 3. The lowest BCUT2D eigenvalue weighted by Gasteiger charge is -2.31. The Morgan fingerprint density at radius 2 is 1.10 bits per heavy atom. The number of fused-ring (bicyclic) bond motifs is 4. The van der Waals surface area contributed by atoms with Crippen LogP contribution in [0.5, 0.6) is 0 Å². The smallest absolute Gasteiger partial charge is 0.137 e. The molecule has 1 aliphatic rings. The van der Waals surface area contributed by atoms with E-state index < -0.39 is 0 Å². The summed E-state index contributed by atoms with van der Waals surface area (Å²) in [6, 6.07) is 52.5. The van der Waals surface area contributed by atoms with Crippen molar-refractivity contribution in [3.63, 3.8) is 0 Å². The Hall–Kier alpha value is -6.13. The highest BCUT2D eigenvalue weighted by Gasteiger charge is 2.32. The highest BCUT2D eigenvalue weighted by Crippen LogP contribution is 2.49. The van der Waals surface area contributed by atoms with E-state index in [1.165, 1.54) is 83.5 Å². The van der Waals surface area contributed by atoms with Crippen LogP contribution in [0, 0.1) is 0 Å². The van der Waals surface area contributed by atoms with Gasteiger partial charge in [-0.3, -0.25) is 4.57 Å². The minimum atomic E-state index is -0.361. The van der Waals surface area contributed by atoms with Gasteiger partial charge < -0.3 is 9.80 Å². The zero-order chi connectivity index (χ0) is 43.7. The molecule has 0 atom stereocenters. The summed E-state index contributed by atoms with van der Waals surface area (Å²) in [4.78, 5) is 9.85. The van der Waals surface area contributed by atoms with Gasteiger partial charge in [0.1, 0.15) is 12.5 Å². The predicted molar refractivity (Wildman–Crippen MR) is 266 cm³/mol. The van der Waals surface area contributed by atoms with Crippen molar-refractivity contribution < 1.29 is 0 Å². The van der Waals surface area contributed by atoms with Crippen LogP contribution in [0.4, 0.5) is 22.7 Å². The molecule has 0 bridgehead atoms. The first-order valence-corrected chi connectivity index (χ1v) is 22.6. The van der Waals surface area contributed by atoms with E-state index in [1.807, 2.05) is 12.3 Å². The van der Waals surface area contributed by atoms with Gasteiger partial charge in [0.15, 0.2) is 0 Å². The van der Waals surface area contributed by atoms with Gasteiger partial charge in [-0.25, -0.2) is 4.98 Å². The van der Waals surface area contributed by atoms with Gasteiger partial charge in [-0.15, -0.1) is 0 Å².